The maximum absolute atomic E-state index is 6.37. The van der Waals surface area contributed by atoms with Crippen LogP contribution in [0.1, 0.15) is 16.8 Å². The van der Waals surface area contributed by atoms with Gasteiger partial charge in [-0.25, -0.2) is 0 Å². The van der Waals surface area contributed by atoms with Gasteiger partial charge in [0.1, 0.15) is 5.15 Å². The smallest absolute Gasteiger partial charge is 0.130 e. The molecule has 0 saturated carbocycles. The molecule has 20 heavy (non-hydrogen) atoms. The molecular weight excluding hydrogens is 293 g/mol. The van der Waals surface area contributed by atoms with E-state index in [0.717, 1.165) is 40.9 Å². The number of benzene rings is 1. The van der Waals surface area contributed by atoms with Gasteiger partial charge in [0.25, 0.3) is 0 Å². The molecule has 0 bridgehead atoms. The minimum absolute atomic E-state index is 0.0718. The van der Waals surface area contributed by atoms with Crippen molar-refractivity contribution >= 4 is 23.2 Å². The van der Waals surface area contributed by atoms with E-state index in [9.17, 15) is 0 Å². The summed E-state index contributed by atoms with van der Waals surface area (Å²) in [4.78, 5) is 0. The summed E-state index contributed by atoms with van der Waals surface area (Å²) in [5.74, 6) is 0. The van der Waals surface area contributed by atoms with Crippen molar-refractivity contribution in [3.05, 3.63) is 51.3 Å². The fraction of sp³-hybridized carbons (Fsp3) is 0.400. The fourth-order valence-electron chi connectivity index (χ4n) is 2.89. The molecule has 106 valence electrons. The van der Waals surface area contributed by atoms with E-state index in [-0.39, 0.29) is 5.41 Å². The average molecular weight is 310 g/mol. The molecule has 0 amide bonds. The summed E-state index contributed by atoms with van der Waals surface area (Å²) < 4.78 is 1.74. The van der Waals surface area contributed by atoms with Crippen LogP contribution in [0.2, 0.25) is 10.2 Å². The molecular formula is C15H17Cl2N3. The number of nitrogens with zero attached hydrogens (tertiary/aromatic N) is 2. The summed E-state index contributed by atoms with van der Waals surface area (Å²) in [5, 5.41) is 9.29. The lowest BCUT2D eigenvalue weighted by atomic mass is 9.71. The van der Waals surface area contributed by atoms with Crippen molar-refractivity contribution < 1.29 is 0 Å². The number of nitrogens with one attached hydrogen (secondary N) is 1. The van der Waals surface area contributed by atoms with Gasteiger partial charge in [-0.3, -0.25) is 4.68 Å². The lowest BCUT2D eigenvalue weighted by Crippen LogP contribution is -2.58. The van der Waals surface area contributed by atoms with Crippen LogP contribution in [0.4, 0.5) is 0 Å². The van der Waals surface area contributed by atoms with Gasteiger partial charge in [0.15, 0.2) is 0 Å². The molecule has 0 spiro atoms. The summed E-state index contributed by atoms with van der Waals surface area (Å²) in [6, 6.07) is 8.12. The molecule has 1 fully saturated rings. The number of hydrogen-bond acceptors (Lipinski definition) is 2. The van der Waals surface area contributed by atoms with Gasteiger partial charge in [-0.05, 0) is 31.0 Å². The molecule has 1 aliphatic rings. The van der Waals surface area contributed by atoms with E-state index in [1.807, 2.05) is 26.1 Å². The van der Waals surface area contributed by atoms with Crippen molar-refractivity contribution in [3.63, 3.8) is 0 Å². The van der Waals surface area contributed by atoms with Crippen LogP contribution in [-0.2, 0) is 18.9 Å². The first kappa shape index (κ1) is 13.9. The molecule has 2 heterocycles. The van der Waals surface area contributed by atoms with E-state index in [2.05, 4.69) is 22.5 Å². The Morgan fingerprint density at radius 2 is 2.10 bits per heavy atom. The van der Waals surface area contributed by atoms with Gasteiger partial charge in [0, 0.05) is 36.1 Å². The van der Waals surface area contributed by atoms with Gasteiger partial charge in [-0.1, -0.05) is 35.3 Å². The predicted octanol–water partition coefficient (Wildman–Crippen LogP) is 3.12. The first-order valence-corrected chi connectivity index (χ1v) is 7.42. The first-order chi connectivity index (χ1) is 9.52. The molecule has 3 nitrogen and oxygen atoms in total. The molecule has 0 aliphatic carbocycles. The monoisotopic (exact) mass is 309 g/mol. The lowest BCUT2D eigenvalue weighted by Gasteiger charge is -2.43. The molecule has 1 N–H and O–H groups in total. The van der Waals surface area contributed by atoms with Crippen molar-refractivity contribution in [2.75, 3.05) is 13.1 Å². The number of halogens is 2. The second-order valence-corrected chi connectivity index (χ2v) is 6.34. The SMILES string of the molecule is Cc1nn(C)c(Cl)c1CC1(c2cccc(Cl)c2)CNC1. The van der Waals surface area contributed by atoms with Crippen molar-refractivity contribution in [2.24, 2.45) is 7.05 Å². The maximum atomic E-state index is 6.37. The third-order valence-corrected chi connectivity index (χ3v) is 4.86. The Hall–Kier alpha value is -1.03. The number of aromatic nitrogens is 2. The number of hydrogen-bond donors (Lipinski definition) is 1. The van der Waals surface area contributed by atoms with E-state index in [4.69, 9.17) is 23.2 Å². The topological polar surface area (TPSA) is 29.9 Å². The van der Waals surface area contributed by atoms with E-state index in [1.165, 1.54) is 5.56 Å². The molecule has 1 aromatic heterocycles. The van der Waals surface area contributed by atoms with Crippen LogP contribution in [0.5, 0.6) is 0 Å². The van der Waals surface area contributed by atoms with Crippen LogP contribution in [0.25, 0.3) is 0 Å². The van der Waals surface area contributed by atoms with Crippen LogP contribution < -0.4 is 5.32 Å². The zero-order chi connectivity index (χ0) is 14.3. The first-order valence-electron chi connectivity index (χ1n) is 6.67. The highest BCUT2D eigenvalue weighted by atomic mass is 35.5. The second-order valence-electron chi connectivity index (χ2n) is 5.55. The molecule has 1 saturated heterocycles. The van der Waals surface area contributed by atoms with Gasteiger partial charge in [-0.15, -0.1) is 0 Å². The van der Waals surface area contributed by atoms with Crippen LogP contribution in [0, 0.1) is 6.92 Å². The number of aryl methyl sites for hydroxylation is 2. The Kier molecular flexibility index (Phi) is 3.53. The summed E-state index contributed by atoms with van der Waals surface area (Å²) in [6.07, 6.45) is 0.888. The van der Waals surface area contributed by atoms with Crippen molar-refractivity contribution in [3.8, 4) is 0 Å². The lowest BCUT2D eigenvalue weighted by molar-refractivity contribution is 0.274. The van der Waals surface area contributed by atoms with E-state index >= 15 is 0 Å². The predicted molar refractivity (Wildman–Crippen MR) is 82.7 cm³/mol. The zero-order valence-corrected chi connectivity index (χ0v) is 13.1. The molecule has 0 atom stereocenters. The minimum Gasteiger partial charge on any atom is -0.315 e. The van der Waals surface area contributed by atoms with Crippen LogP contribution in [0.15, 0.2) is 24.3 Å². The van der Waals surface area contributed by atoms with E-state index < -0.39 is 0 Å². The van der Waals surface area contributed by atoms with Gasteiger partial charge >= 0.3 is 0 Å². The average Bonchev–Trinajstić information content (AvgIpc) is 2.59. The maximum Gasteiger partial charge on any atom is 0.130 e. The van der Waals surface area contributed by atoms with Crippen LogP contribution in [0.3, 0.4) is 0 Å². The highest BCUT2D eigenvalue weighted by Crippen LogP contribution is 2.36. The summed E-state index contributed by atoms with van der Waals surface area (Å²) in [6.45, 7) is 3.90. The van der Waals surface area contributed by atoms with Gasteiger partial charge in [0.2, 0.25) is 0 Å². The Balaban J connectivity index is 1.98. The summed E-state index contributed by atoms with van der Waals surface area (Å²) in [7, 11) is 1.88. The van der Waals surface area contributed by atoms with Crippen LogP contribution >= 0.6 is 23.2 Å². The summed E-state index contributed by atoms with van der Waals surface area (Å²) >= 11 is 12.5. The summed E-state index contributed by atoms with van der Waals surface area (Å²) in [5.41, 5.74) is 3.48. The fourth-order valence-corrected chi connectivity index (χ4v) is 3.32. The Labute approximate surface area is 128 Å². The Morgan fingerprint density at radius 1 is 1.35 bits per heavy atom. The van der Waals surface area contributed by atoms with Crippen molar-refractivity contribution in [2.45, 2.75) is 18.8 Å². The van der Waals surface area contributed by atoms with Gasteiger partial charge in [0.05, 0.1) is 5.69 Å². The zero-order valence-electron chi connectivity index (χ0n) is 11.6. The van der Waals surface area contributed by atoms with Crippen molar-refractivity contribution in [1.29, 1.82) is 0 Å². The van der Waals surface area contributed by atoms with Crippen molar-refractivity contribution in [1.82, 2.24) is 15.1 Å². The van der Waals surface area contributed by atoms with E-state index in [1.54, 1.807) is 4.68 Å². The quantitative estimate of drug-likeness (QED) is 0.944. The highest BCUT2D eigenvalue weighted by Gasteiger charge is 2.40. The highest BCUT2D eigenvalue weighted by molar-refractivity contribution is 6.30. The molecule has 3 rings (SSSR count). The minimum atomic E-state index is 0.0718. The third-order valence-electron chi connectivity index (χ3n) is 4.15. The molecule has 1 aromatic carbocycles. The third kappa shape index (κ3) is 2.24. The molecule has 5 heteroatoms. The number of rotatable bonds is 3. The molecule has 2 aromatic rings. The van der Waals surface area contributed by atoms with E-state index in [0.29, 0.717) is 0 Å². The standard InChI is InChI=1S/C15H17Cl2N3/c1-10-13(14(17)20(2)19-10)7-15(8-18-9-15)11-4-3-5-12(16)6-11/h3-6,18H,7-9H2,1-2H3. The largest absolute Gasteiger partial charge is 0.315 e. The van der Waals surface area contributed by atoms with Crippen LogP contribution in [-0.4, -0.2) is 22.9 Å². The second kappa shape index (κ2) is 5.06. The van der Waals surface area contributed by atoms with Gasteiger partial charge in [-0.2, -0.15) is 5.10 Å². The molecule has 0 unspecified atom stereocenters. The molecule has 0 radical (unpaired) electrons. The van der Waals surface area contributed by atoms with Gasteiger partial charge < -0.3 is 5.32 Å². The molecule has 1 aliphatic heterocycles. The Morgan fingerprint density at radius 3 is 2.60 bits per heavy atom. The Bertz CT molecular complexity index is 645. The normalized spacial score (nSPS) is 17.0.